The van der Waals surface area contributed by atoms with Crippen LogP contribution >= 0.6 is 11.6 Å². The van der Waals surface area contributed by atoms with E-state index in [0.29, 0.717) is 12.1 Å². The molecule has 0 saturated carbocycles. The number of hydrogen-bond donors (Lipinski definition) is 1. The highest BCUT2D eigenvalue weighted by atomic mass is 35.5. The van der Waals surface area contributed by atoms with Crippen LogP contribution in [-0.4, -0.2) is 24.5 Å². The minimum Gasteiger partial charge on any atom is -0.387 e. The highest BCUT2D eigenvalue weighted by molar-refractivity contribution is 7.92. The van der Waals surface area contributed by atoms with E-state index in [2.05, 4.69) is 0 Å². The van der Waals surface area contributed by atoms with E-state index in [1.165, 1.54) is 13.8 Å². The molecular formula is C11H13ClF2O3S. The number of rotatable bonds is 3. The summed E-state index contributed by atoms with van der Waals surface area (Å²) in [5.74, 6) is -2.36. The first kappa shape index (κ1) is 15.3. The first-order valence-corrected chi connectivity index (χ1v) is 7.27. The highest BCUT2D eigenvalue weighted by Gasteiger charge is 2.40. The monoisotopic (exact) mass is 298 g/mol. The molecule has 7 heteroatoms. The van der Waals surface area contributed by atoms with E-state index >= 15 is 0 Å². The smallest absolute Gasteiger partial charge is 0.160 e. The Morgan fingerprint density at radius 3 is 2.17 bits per heavy atom. The molecule has 0 amide bonds. The lowest BCUT2D eigenvalue weighted by molar-refractivity contribution is 0.139. The molecule has 102 valence electrons. The lowest BCUT2D eigenvalue weighted by Gasteiger charge is -2.29. The fourth-order valence-corrected chi connectivity index (χ4v) is 2.11. The maximum Gasteiger partial charge on any atom is 0.160 e. The molecule has 1 N–H and O–H groups in total. The van der Waals surface area contributed by atoms with Gasteiger partial charge >= 0.3 is 0 Å². The molecule has 0 heterocycles. The summed E-state index contributed by atoms with van der Waals surface area (Å²) in [5, 5.41) is 9.80. The summed E-state index contributed by atoms with van der Waals surface area (Å²) in [5.41, 5.74) is -0.161. The molecule has 18 heavy (non-hydrogen) atoms. The van der Waals surface area contributed by atoms with Gasteiger partial charge in [-0.1, -0.05) is 11.6 Å². The molecule has 0 saturated heterocycles. The van der Waals surface area contributed by atoms with E-state index in [1.807, 2.05) is 0 Å². The average Bonchev–Trinajstić information content (AvgIpc) is 2.20. The third-order valence-corrected chi connectivity index (χ3v) is 5.41. The minimum atomic E-state index is -3.61. The van der Waals surface area contributed by atoms with E-state index in [-0.39, 0.29) is 10.6 Å². The molecule has 0 aliphatic rings. The van der Waals surface area contributed by atoms with E-state index in [9.17, 15) is 22.3 Å². The predicted octanol–water partition coefficient (Wildman–Crippen LogP) is 2.47. The molecule has 1 rings (SSSR count). The third kappa shape index (κ3) is 2.65. The van der Waals surface area contributed by atoms with Crippen molar-refractivity contribution in [2.75, 3.05) is 6.26 Å². The zero-order chi connectivity index (χ0) is 14.3. The van der Waals surface area contributed by atoms with Gasteiger partial charge < -0.3 is 5.11 Å². The molecule has 1 unspecified atom stereocenters. The molecule has 0 spiro atoms. The largest absolute Gasteiger partial charge is 0.387 e. The summed E-state index contributed by atoms with van der Waals surface area (Å²) < 4.78 is 47.6. The molecule has 0 fully saturated rings. The zero-order valence-electron chi connectivity index (χ0n) is 10.0. The SMILES string of the molecule is CC(C)(C(O)c1cc(F)c(F)cc1Cl)S(C)(=O)=O. The standard InChI is InChI=1S/C11H13ClF2O3S/c1-11(2,18(3,16)17)10(15)6-4-8(13)9(14)5-7(6)12/h4-5,10,15H,1-3H3. The second-order valence-corrected chi connectivity index (χ2v) is 7.57. The van der Waals surface area contributed by atoms with Crippen molar-refractivity contribution in [3.05, 3.63) is 34.4 Å². The van der Waals surface area contributed by atoms with Crippen LogP contribution in [-0.2, 0) is 9.84 Å². The Bertz CT molecular complexity index is 570. The highest BCUT2D eigenvalue weighted by Crippen LogP contribution is 2.36. The van der Waals surface area contributed by atoms with Crippen molar-refractivity contribution >= 4 is 21.4 Å². The van der Waals surface area contributed by atoms with Crippen molar-refractivity contribution in [2.24, 2.45) is 0 Å². The molecule has 1 aromatic carbocycles. The molecule has 1 atom stereocenters. The minimum absolute atomic E-state index is 0.161. The first-order valence-electron chi connectivity index (χ1n) is 5.00. The second kappa shape index (κ2) is 4.75. The maximum atomic E-state index is 13.1. The summed E-state index contributed by atoms with van der Waals surface area (Å²) in [6, 6.07) is 1.41. The summed E-state index contributed by atoms with van der Waals surface area (Å²) in [4.78, 5) is 0. The number of sulfone groups is 1. The van der Waals surface area contributed by atoms with Crippen LogP contribution < -0.4 is 0 Å². The number of aliphatic hydroxyl groups is 1. The normalized spacial score (nSPS) is 14.6. The van der Waals surface area contributed by atoms with Crippen molar-refractivity contribution < 1.29 is 22.3 Å². The Morgan fingerprint density at radius 2 is 1.72 bits per heavy atom. The van der Waals surface area contributed by atoms with Gasteiger partial charge in [0.2, 0.25) is 0 Å². The summed E-state index contributed by atoms with van der Waals surface area (Å²) in [6.07, 6.45) is -0.612. The van der Waals surface area contributed by atoms with Crippen LogP contribution in [0.1, 0.15) is 25.5 Å². The van der Waals surface area contributed by atoms with Crippen LogP contribution in [0.5, 0.6) is 0 Å². The second-order valence-electron chi connectivity index (χ2n) is 4.57. The molecular weight excluding hydrogens is 286 g/mol. The molecule has 0 aliphatic carbocycles. The molecule has 1 aromatic rings. The Kier molecular flexibility index (Phi) is 4.05. The summed E-state index contributed by atoms with van der Waals surface area (Å²) in [6.45, 7) is 2.56. The topological polar surface area (TPSA) is 54.4 Å². The molecule has 0 radical (unpaired) electrons. The van der Waals surface area contributed by atoms with Gasteiger partial charge in [0.1, 0.15) is 0 Å². The van der Waals surface area contributed by atoms with E-state index in [1.54, 1.807) is 0 Å². The van der Waals surface area contributed by atoms with Gasteiger partial charge in [-0.05, 0) is 26.0 Å². The summed E-state index contributed by atoms with van der Waals surface area (Å²) in [7, 11) is -3.61. The lowest BCUT2D eigenvalue weighted by Crippen LogP contribution is -2.38. The van der Waals surface area contributed by atoms with Gasteiger partial charge in [-0.15, -0.1) is 0 Å². The molecule has 0 bridgehead atoms. The number of halogens is 3. The van der Waals surface area contributed by atoms with Crippen molar-refractivity contribution in [3.8, 4) is 0 Å². The average molecular weight is 299 g/mol. The van der Waals surface area contributed by atoms with Gasteiger partial charge in [0.15, 0.2) is 21.5 Å². The molecule has 0 aliphatic heterocycles. The van der Waals surface area contributed by atoms with Crippen LogP contribution in [0.4, 0.5) is 8.78 Å². The summed E-state index contributed by atoms with van der Waals surface area (Å²) >= 11 is 5.69. The van der Waals surface area contributed by atoms with E-state index in [0.717, 1.165) is 6.26 Å². The fraction of sp³-hybridized carbons (Fsp3) is 0.455. The van der Waals surface area contributed by atoms with Crippen LogP contribution in [0.25, 0.3) is 0 Å². The zero-order valence-corrected chi connectivity index (χ0v) is 11.6. The van der Waals surface area contributed by atoms with Gasteiger partial charge in [0.05, 0.1) is 10.9 Å². The van der Waals surface area contributed by atoms with E-state index in [4.69, 9.17) is 11.6 Å². The van der Waals surface area contributed by atoms with Crippen LogP contribution in [0.3, 0.4) is 0 Å². The van der Waals surface area contributed by atoms with Gasteiger partial charge in [0, 0.05) is 16.8 Å². The molecule has 3 nitrogen and oxygen atoms in total. The Hall–Kier alpha value is -0.720. The van der Waals surface area contributed by atoms with Gasteiger partial charge in [-0.3, -0.25) is 0 Å². The quantitative estimate of drug-likeness (QED) is 0.872. The van der Waals surface area contributed by atoms with Crippen LogP contribution in [0, 0.1) is 11.6 Å². The van der Waals surface area contributed by atoms with Gasteiger partial charge in [0.25, 0.3) is 0 Å². The van der Waals surface area contributed by atoms with Gasteiger partial charge in [-0.2, -0.15) is 0 Å². The van der Waals surface area contributed by atoms with Crippen LogP contribution in [0.2, 0.25) is 5.02 Å². The van der Waals surface area contributed by atoms with E-state index < -0.39 is 32.3 Å². The Morgan fingerprint density at radius 1 is 1.28 bits per heavy atom. The maximum absolute atomic E-state index is 13.1. The lowest BCUT2D eigenvalue weighted by atomic mass is 9.98. The van der Waals surface area contributed by atoms with Crippen molar-refractivity contribution in [1.82, 2.24) is 0 Å². The van der Waals surface area contributed by atoms with Crippen molar-refractivity contribution in [2.45, 2.75) is 24.7 Å². The Labute approximate surface area is 109 Å². The van der Waals surface area contributed by atoms with Gasteiger partial charge in [-0.25, -0.2) is 17.2 Å². The third-order valence-electron chi connectivity index (χ3n) is 2.95. The molecule has 0 aromatic heterocycles. The van der Waals surface area contributed by atoms with Crippen molar-refractivity contribution in [3.63, 3.8) is 0 Å². The fourth-order valence-electron chi connectivity index (χ4n) is 1.32. The first-order chi connectivity index (χ1) is 7.98. The Balaban J connectivity index is 3.36. The van der Waals surface area contributed by atoms with Crippen LogP contribution in [0.15, 0.2) is 12.1 Å². The number of aliphatic hydroxyl groups excluding tert-OH is 1. The number of hydrogen-bond acceptors (Lipinski definition) is 3. The van der Waals surface area contributed by atoms with Crippen molar-refractivity contribution in [1.29, 1.82) is 0 Å². The number of benzene rings is 1. The predicted molar refractivity (Wildman–Crippen MR) is 65.3 cm³/mol.